The second-order valence-electron chi connectivity index (χ2n) is 11.1. The van der Waals surface area contributed by atoms with Crippen LogP contribution in [0.3, 0.4) is 0 Å². The summed E-state index contributed by atoms with van der Waals surface area (Å²) in [6.45, 7) is 4.06. The molecule has 4 aromatic heterocycles. The summed E-state index contributed by atoms with van der Waals surface area (Å²) in [4.78, 5) is 18.2. The van der Waals surface area contributed by atoms with E-state index in [-0.39, 0.29) is 18.2 Å². The Hall–Kier alpha value is -4.18. The molecule has 0 spiro atoms. The topological polar surface area (TPSA) is 126 Å². The van der Waals surface area contributed by atoms with Gasteiger partial charge in [0.25, 0.3) is 0 Å². The molecule has 8 heterocycles. The van der Waals surface area contributed by atoms with Gasteiger partial charge in [0.2, 0.25) is 5.88 Å². The molecule has 14 heteroatoms. The fourth-order valence-electron chi connectivity index (χ4n) is 6.28. The molecule has 3 unspecified atom stereocenters. The van der Waals surface area contributed by atoms with Gasteiger partial charge in [-0.2, -0.15) is 10.4 Å². The summed E-state index contributed by atoms with van der Waals surface area (Å²) in [6, 6.07) is 8.06. The van der Waals surface area contributed by atoms with E-state index in [2.05, 4.69) is 31.3 Å². The lowest BCUT2D eigenvalue weighted by atomic mass is 9.54. The van der Waals surface area contributed by atoms with Gasteiger partial charge in [-0.1, -0.05) is 6.07 Å². The van der Waals surface area contributed by atoms with Crippen molar-refractivity contribution in [3.63, 3.8) is 0 Å². The number of pyridine rings is 2. The summed E-state index contributed by atoms with van der Waals surface area (Å²) in [5.41, 5.74) is 3.16. The third-order valence-corrected chi connectivity index (χ3v) is 8.41. The molecule has 8 rings (SSSR count). The fraction of sp³-hybridized carbons (Fsp3) is 0.414. The zero-order chi connectivity index (χ0) is 29.6. The van der Waals surface area contributed by atoms with E-state index < -0.39 is 5.34 Å². The van der Waals surface area contributed by atoms with Crippen LogP contribution in [0.2, 0.25) is 0 Å². The van der Waals surface area contributed by atoms with E-state index >= 15 is 0 Å². The van der Waals surface area contributed by atoms with Crippen molar-refractivity contribution in [2.24, 2.45) is 0 Å². The molecular formula is C29H29B2N9O3. The molecule has 1 N–H and O–H groups in total. The highest BCUT2D eigenvalue weighted by Crippen LogP contribution is 2.41. The number of morpholine rings is 1. The van der Waals surface area contributed by atoms with Gasteiger partial charge < -0.3 is 29.3 Å². The van der Waals surface area contributed by atoms with E-state index in [9.17, 15) is 5.26 Å². The van der Waals surface area contributed by atoms with Gasteiger partial charge in [0.15, 0.2) is 0 Å². The molecule has 12 nitrogen and oxygen atoms in total. The smallest absolute Gasteiger partial charge is 0.212 e. The fourth-order valence-corrected chi connectivity index (χ4v) is 6.28. The van der Waals surface area contributed by atoms with Gasteiger partial charge in [-0.15, -0.1) is 0 Å². The van der Waals surface area contributed by atoms with Crippen LogP contribution >= 0.6 is 0 Å². The Morgan fingerprint density at radius 2 is 2.00 bits per heavy atom. The predicted octanol–water partition coefficient (Wildman–Crippen LogP) is 0.844. The van der Waals surface area contributed by atoms with Gasteiger partial charge in [0, 0.05) is 56.1 Å². The summed E-state index contributed by atoms with van der Waals surface area (Å²) in [7, 11) is 14.9. The number of hydrogen-bond donors (Lipinski definition) is 1. The standard InChI is InChI=1S/C29H29B2N9O3/c1-41-27-3-2-19(10-36-27)29(30,31)40-20-6-21(40)15-38(14-20)26-13-34-25(12-35-26)24-7-22(43-17-23-11-33-4-5-42-23)16-39-28(24)18(8-32)9-37-39/h2-3,7,9-10,12-13,16,20-21,23,33H,4-6,11,14-15,17H2,1H3. The number of nitrogens with one attached hydrogen (secondary N) is 1. The van der Waals surface area contributed by atoms with Crippen LogP contribution in [0.5, 0.6) is 11.6 Å². The summed E-state index contributed by atoms with van der Waals surface area (Å²) in [5.74, 6) is 1.88. The van der Waals surface area contributed by atoms with E-state index in [1.54, 1.807) is 48.7 Å². The average molecular weight is 573 g/mol. The van der Waals surface area contributed by atoms with Crippen LogP contribution < -0.4 is 19.7 Å². The van der Waals surface area contributed by atoms with E-state index in [0.717, 1.165) is 44.0 Å². The first-order valence-corrected chi connectivity index (χ1v) is 14.3. The number of hydrogen-bond acceptors (Lipinski definition) is 11. The first-order chi connectivity index (χ1) is 20.9. The quantitative estimate of drug-likeness (QED) is 0.302. The minimum absolute atomic E-state index is 0.0393. The highest BCUT2D eigenvalue weighted by Gasteiger charge is 2.50. The summed E-state index contributed by atoms with van der Waals surface area (Å²) < 4.78 is 18.6. The molecule has 0 saturated carbocycles. The molecule has 4 aliphatic rings. The maximum Gasteiger partial charge on any atom is 0.212 e. The zero-order valence-corrected chi connectivity index (χ0v) is 23.8. The first kappa shape index (κ1) is 27.6. The van der Waals surface area contributed by atoms with Gasteiger partial charge in [0.1, 0.15) is 30.3 Å². The van der Waals surface area contributed by atoms with E-state index in [4.69, 9.17) is 39.9 Å². The predicted molar refractivity (Wildman–Crippen MR) is 159 cm³/mol. The lowest BCUT2D eigenvalue weighted by molar-refractivity contribution is -0.0304. The number of anilines is 1. The van der Waals surface area contributed by atoms with Crippen molar-refractivity contribution in [3.05, 3.63) is 60.3 Å². The minimum atomic E-state index is -1.14. The number of aromatic nitrogens is 5. The Morgan fingerprint density at radius 3 is 2.67 bits per heavy atom. The molecule has 4 radical (unpaired) electrons. The lowest BCUT2D eigenvalue weighted by Gasteiger charge is -2.63. The second kappa shape index (κ2) is 11.1. The van der Waals surface area contributed by atoms with Gasteiger partial charge in [-0.3, -0.25) is 4.98 Å². The van der Waals surface area contributed by atoms with Crippen molar-refractivity contribution >= 4 is 27.0 Å². The number of piperazine rings is 1. The Morgan fingerprint density at radius 1 is 1.14 bits per heavy atom. The van der Waals surface area contributed by atoms with Gasteiger partial charge in [0.05, 0.1) is 71.0 Å². The third-order valence-electron chi connectivity index (χ3n) is 8.41. The van der Waals surface area contributed by atoms with Crippen molar-refractivity contribution in [1.82, 2.24) is 34.8 Å². The molecule has 3 atom stereocenters. The molecule has 0 aromatic carbocycles. The molecule has 4 fully saturated rings. The Bertz CT molecular complexity index is 1640. The van der Waals surface area contributed by atoms with Gasteiger partial charge in [-0.25, -0.2) is 14.5 Å². The number of fused-ring (bicyclic) bond motifs is 3. The molecule has 214 valence electrons. The summed E-state index contributed by atoms with van der Waals surface area (Å²) in [5, 5.41) is 16.3. The van der Waals surface area contributed by atoms with E-state index in [1.807, 2.05) is 12.1 Å². The van der Waals surface area contributed by atoms with Crippen LogP contribution in [0.15, 0.2) is 49.2 Å². The molecule has 2 bridgehead atoms. The minimum Gasteiger partial charge on any atom is -0.489 e. The number of piperidine rings is 1. The number of rotatable bonds is 8. The SMILES string of the molecule is [B]C([B])(c1ccc(OC)nc1)N1C2CC1CN(c1cnc(-c3cc(OCC4CNCCO4)cn4ncc(C#N)c34)cn1)C2. The zero-order valence-electron chi connectivity index (χ0n) is 23.8. The summed E-state index contributed by atoms with van der Waals surface area (Å²) in [6.07, 6.45) is 9.44. The van der Waals surface area contributed by atoms with Crippen LogP contribution in [-0.4, -0.2) is 110 Å². The van der Waals surface area contributed by atoms with E-state index in [1.165, 1.54) is 0 Å². The molecular weight excluding hydrogens is 544 g/mol. The highest BCUT2D eigenvalue weighted by molar-refractivity contribution is 6.39. The number of ether oxygens (including phenoxy) is 3. The average Bonchev–Trinajstić information content (AvgIpc) is 3.47. The molecule has 4 aromatic rings. The normalized spacial score (nSPS) is 22.1. The molecule has 0 amide bonds. The largest absolute Gasteiger partial charge is 0.489 e. The third kappa shape index (κ3) is 5.07. The Labute approximate surface area is 251 Å². The second-order valence-corrected chi connectivity index (χ2v) is 11.1. The molecule has 0 aliphatic carbocycles. The monoisotopic (exact) mass is 573 g/mol. The van der Waals surface area contributed by atoms with Crippen LogP contribution in [-0.2, 0) is 10.1 Å². The van der Waals surface area contributed by atoms with Crippen LogP contribution in [0.25, 0.3) is 16.8 Å². The van der Waals surface area contributed by atoms with Crippen molar-refractivity contribution in [2.45, 2.75) is 29.9 Å². The van der Waals surface area contributed by atoms with Crippen LogP contribution in [0.4, 0.5) is 5.82 Å². The number of methoxy groups -OCH3 is 1. The summed E-state index contributed by atoms with van der Waals surface area (Å²) >= 11 is 0. The molecule has 43 heavy (non-hydrogen) atoms. The van der Waals surface area contributed by atoms with Gasteiger partial charge >= 0.3 is 0 Å². The van der Waals surface area contributed by atoms with Crippen LogP contribution in [0, 0.1) is 11.3 Å². The first-order valence-electron chi connectivity index (χ1n) is 14.3. The maximum absolute atomic E-state index is 9.73. The van der Waals surface area contributed by atoms with Crippen molar-refractivity contribution < 1.29 is 14.2 Å². The molecule has 4 aliphatic heterocycles. The number of nitrogens with zero attached hydrogens (tertiary/aromatic N) is 8. The van der Waals surface area contributed by atoms with E-state index in [0.29, 0.717) is 47.2 Å². The van der Waals surface area contributed by atoms with Gasteiger partial charge in [-0.05, 0) is 23.4 Å². The van der Waals surface area contributed by atoms with Crippen molar-refractivity contribution in [3.8, 4) is 29.0 Å². The van der Waals surface area contributed by atoms with Crippen molar-refractivity contribution in [1.29, 1.82) is 5.26 Å². The Kier molecular flexibility index (Phi) is 7.17. The highest BCUT2D eigenvalue weighted by atomic mass is 16.5. The Balaban J connectivity index is 1.09. The maximum atomic E-state index is 9.73. The van der Waals surface area contributed by atoms with Crippen LogP contribution in [0.1, 0.15) is 17.5 Å². The molecule has 4 saturated heterocycles. The number of nitriles is 1. The lowest BCUT2D eigenvalue weighted by Crippen LogP contribution is -2.74. The van der Waals surface area contributed by atoms with Crippen molar-refractivity contribution in [2.75, 3.05) is 51.4 Å².